The zero-order valence-electron chi connectivity index (χ0n) is 10.8. The quantitative estimate of drug-likeness (QED) is 0.667. The molecule has 4 nitrogen and oxygen atoms in total. The highest BCUT2D eigenvalue weighted by Gasteiger charge is 2.20. The van der Waals surface area contributed by atoms with E-state index in [0.717, 1.165) is 11.9 Å². The van der Waals surface area contributed by atoms with E-state index < -0.39 is 11.7 Å². The minimum Gasteiger partial charge on any atom is -0.360 e. The maximum atomic E-state index is 12.1. The Labute approximate surface area is 116 Å². The smallest absolute Gasteiger partial charge is 0.292 e. The van der Waals surface area contributed by atoms with E-state index in [1.165, 1.54) is 0 Å². The first-order chi connectivity index (χ1) is 9.02. The Morgan fingerprint density at radius 1 is 1.42 bits per heavy atom. The highest BCUT2D eigenvalue weighted by molar-refractivity contribution is 6.45. The molecule has 0 radical (unpaired) electrons. The fourth-order valence-electron chi connectivity index (χ4n) is 1.80. The molecule has 1 aromatic heterocycles. The van der Waals surface area contributed by atoms with Crippen LogP contribution >= 0.6 is 11.6 Å². The zero-order valence-corrected chi connectivity index (χ0v) is 11.5. The highest BCUT2D eigenvalue weighted by atomic mass is 35.5. The molecule has 0 aliphatic carbocycles. The average molecular weight is 279 g/mol. The zero-order chi connectivity index (χ0) is 14.0. The number of amides is 1. The van der Waals surface area contributed by atoms with Gasteiger partial charge < -0.3 is 10.3 Å². The first-order valence-corrected chi connectivity index (χ1v) is 6.52. The van der Waals surface area contributed by atoms with Crippen molar-refractivity contribution in [2.75, 3.05) is 0 Å². The minimum absolute atomic E-state index is 0.0175. The van der Waals surface area contributed by atoms with Gasteiger partial charge in [-0.3, -0.25) is 9.59 Å². The molecular weight excluding hydrogens is 264 g/mol. The summed E-state index contributed by atoms with van der Waals surface area (Å²) >= 11 is 5.87. The van der Waals surface area contributed by atoms with Gasteiger partial charge in [0, 0.05) is 28.2 Å². The number of rotatable bonds is 4. The first kappa shape index (κ1) is 13.6. The standard InChI is InChI=1S/C14H15ClN2O2/c1-3-8(2)17-14(19)13(18)11-7-16-12-6-9(15)4-5-10(11)12/h4-8,16H,3H2,1-2H3,(H,17,19). The first-order valence-electron chi connectivity index (χ1n) is 6.14. The predicted octanol–water partition coefficient (Wildman–Crippen LogP) is 2.92. The molecule has 0 aliphatic heterocycles. The molecule has 2 N–H and O–H groups in total. The van der Waals surface area contributed by atoms with Crippen LogP contribution in [0.15, 0.2) is 24.4 Å². The Morgan fingerprint density at radius 2 is 2.16 bits per heavy atom. The molecule has 1 heterocycles. The molecule has 2 rings (SSSR count). The van der Waals surface area contributed by atoms with E-state index in [4.69, 9.17) is 11.6 Å². The Kier molecular flexibility index (Phi) is 3.90. The van der Waals surface area contributed by atoms with Gasteiger partial charge in [0.2, 0.25) is 0 Å². The average Bonchev–Trinajstić information content (AvgIpc) is 2.80. The van der Waals surface area contributed by atoms with Gasteiger partial charge in [-0.1, -0.05) is 24.6 Å². The molecule has 1 amide bonds. The van der Waals surface area contributed by atoms with Crippen molar-refractivity contribution in [3.8, 4) is 0 Å². The van der Waals surface area contributed by atoms with Crippen LogP contribution < -0.4 is 5.32 Å². The summed E-state index contributed by atoms with van der Waals surface area (Å²) < 4.78 is 0. The van der Waals surface area contributed by atoms with Crippen LogP contribution in [0.25, 0.3) is 10.9 Å². The van der Waals surface area contributed by atoms with E-state index in [1.54, 1.807) is 24.4 Å². The Hall–Kier alpha value is -1.81. The lowest BCUT2D eigenvalue weighted by molar-refractivity contribution is -0.117. The SMILES string of the molecule is CCC(C)NC(=O)C(=O)c1c[nH]c2cc(Cl)ccc12. The van der Waals surface area contributed by atoms with Gasteiger partial charge >= 0.3 is 0 Å². The Morgan fingerprint density at radius 3 is 2.84 bits per heavy atom. The summed E-state index contributed by atoms with van der Waals surface area (Å²) in [7, 11) is 0. The van der Waals surface area contributed by atoms with E-state index in [-0.39, 0.29) is 6.04 Å². The van der Waals surface area contributed by atoms with Crippen molar-refractivity contribution in [2.24, 2.45) is 0 Å². The second kappa shape index (κ2) is 5.45. The number of aromatic nitrogens is 1. The summed E-state index contributed by atoms with van der Waals surface area (Å²) in [5.74, 6) is -1.11. The maximum absolute atomic E-state index is 12.1. The highest BCUT2D eigenvalue weighted by Crippen LogP contribution is 2.22. The molecule has 1 aromatic carbocycles. The lowest BCUT2D eigenvalue weighted by Gasteiger charge is -2.09. The largest absolute Gasteiger partial charge is 0.360 e. The van der Waals surface area contributed by atoms with E-state index >= 15 is 0 Å². The second-order valence-corrected chi connectivity index (χ2v) is 4.94. The van der Waals surface area contributed by atoms with Crippen molar-refractivity contribution in [3.05, 3.63) is 35.0 Å². The molecule has 1 atom stereocenters. The van der Waals surface area contributed by atoms with Crippen molar-refractivity contribution in [1.29, 1.82) is 0 Å². The van der Waals surface area contributed by atoms with Gasteiger partial charge in [0.15, 0.2) is 0 Å². The second-order valence-electron chi connectivity index (χ2n) is 4.50. The molecule has 0 aliphatic rings. The lowest BCUT2D eigenvalue weighted by Crippen LogP contribution is -2.37. The summed E-state index contributed by atoms with van der Waals surface area (Å²) in [6.45, 7) is 3.81. The molecule has 100 valence electrons. The molecule has 2 aromatic rings. The number of carbonyl (C=O) groups excluding carboxylic acids is 2. The number of fused-ring (bicyclic) bond motifs is 1. The van der Waals surface area contributed by atoms with E-state index in [1.807, 2.05) is 13.8 Å². The monoisotopic (exact) mass is 278 g/mol. The third-order valence-electron chi connectivity index (χ3n) is 3.08. The number of hydrogen-bond donors (Lipinski definition) is 2. The van der Waals surface area contributed by atoms with Gasteiger partial charge in [-0.2, -0.15) is 0 Å². The van der Waals surface area contributed by atoms with Crippen LogP contribution in [0.3, 0.4) is 0 Å². The van der Waals surface area contributed by atoms with Crippen molar-refractivity contribution in [3.63, 3.8) is 0 Å². The third kappa shape index (κ3) is 2.79. The molecule has 0 bridgehead atoms. The molecule has 0 saturated carbocycles. The molecule has 1 unspecified atom stereocenters. The number of nitrogens with one attached hydrogen (secondary N) is 2. The van der Waals surface area contributed by atoms with Crippen molar-refractivity contribution >= 4 is 34.2 Å². The molecule has 0 saturated heterocycles. The van der Waals surface area contributed by atoms with Crippen LogP contribution in [0.4, 0.5) is 0 Å². The number of H-pyrrole nitrogens is 1. The van der Waals surface area contributed by atoms with Gasteiger partial charge in [0.05, 0.1) is 5.56 Å². The van der Waals surface area contributed by atoms with Crippen LogP contribution in [-0.4, -0.2) is 22.7 Å². The van der Waals surface area contributed by atoms with Gasteiger partial charge in [0.1, 0.15) is 0 Å². The molecular formula is C14H15ClN2O2. The summed E-state index contributed by atoms with van der Waals surface area (Å²) in [4.78, 5) is 26.9. The molecule has 19 heavy (non-hydrogen) atoms. The van der Waals surface area contributed by atoms with E-state index in [2.05, 4.69) is 10.3 Å². The number of halogens is 1. The number of carbonyl (C=O) groups is 2. The number of benzene rings is 1. The minimum atomic E-state index is -0.579. The number of ketones is 1. The van der Waals surface area contributed by atoms with Crippen LogP contribution in [0, 0.1) is 0 Å². The summed E-state index contributed by atoms with van der Waals surface area (Å²) in [6, 6.07) is 5.13. The number of hydrogen-bond acceptors (Lipinski definition) is 2. The fourth-order valence-corrected chi connectivity index (χ4v) is 1.97. The Balaban J connectivity index is 2.29. The topological polar surface area (TPSA) is 62.0 Å². The third-order valence-corrected chi connectivity index (χ3v) is 3.32. The van der Waals surface area contributed by atoms with Crippen LogP contribution in [0.5, 0.6) is 0 Å². The lowest BCUT2D eigenvalue weighted by atomic mass is 10.1. The maximum Gasteiger partial charge on any atom is 0.292 e. The van der Waals surface area contributed by atoms with Gasteiger partial charge in [0.25, 0.3) is 11.7 Å². The molecule has 0 fully saturated rings. The Bertz CT molecular complexity index is 633. The summed E-state index contributed by atoms with van der Waals surface area (Å²) in [5, 5.41) is 3.95. The van der Waals surface area contributed by atoms with Gasteiger partial charge in [-0.05, 0) is 25.5 Å². The number of Topliss-reactive ketones (excluding diaryl/α,β-unsaturated/α-hetero) is 1. The van der Waals surface area contributed by atoms with Crippen molar-refractivity contribution < 1.29 is 9.59 Å². The van der Waals surface area contributed by atoms with E-state index in [9.17, 15) is 9.59 Å². The van der Waals surface area contributed by atoms with Crippen molar-refractivity contribution in [1.82, 2.24) is 10.3 Å². The molecule has 0 spiro atoms. The predicted molar refractivity (Wildman–Crippen MR) is 75.5 cm³/mol. The van der Waals surface area contributed by atoms with Gasteiger partial charge in [-0.25, -0.2) is 0 Å². The summed E-state index contributed by atoms with van der Waals surface area (Å²) in [5.41, 5.74) is 1.11. The van der Waals surface area contributed by atoms with Crippen molar-refractivity contribution in [2.45, 2.75) is 26.3 Å². The summed E-state index contributed by atoms with van der Waals surface area (Å²) in [6.07, 6.45) is 2.32. The fraction of sp³-hybridized carbons (Fsp3) is 0.286. The van der Waals surface area contributed by atoms with Crippen LogP contribution in [0.1, 0.15) is 30.6 Å². The van der Waals surface area contributed by atoms with Gasteiger partial charge in [-0.15, -0.1) is 0 Å². The number of aromatic amines is 1. The van der Waals surface area contributed by atoms with Crippen LogP contribution in [0.2, 0.25) is 5.02 Å². The normalized spacial score (nSPS) is 12.4. The molecule has 5 heteroatoms. The van der Waals surface area contributed by atoms with Crippen LogP contribution in [-0.2, 0) is 4.79 Å². The van der Waals surface area contributed by atoms with E-state index in [0.29, 0.717) is 16.0 Å².